The van der Waals surface area contributed by atoms with Crippen LogP contribution in [0.25, 0.3) is 66.8 Å². The van der Waals surface area contributed by atoms with Gasteiger partial charge in [0.15, 0.2) is 0 Å². The van der Waals surface area contributed by atoms with Gasteiger partial charge in [-0.3, -0.25) is 0 Å². The lowest BCUT2D eigenvalue weighted by atomic mass is 9.33. The van der Waals surface area contributed by atoms with Crippen molar-refractivity contribution < 1.29 is 0 Å². The Kier molecular flexibility index (Phi) is 13.8. The first kappa shape index (κ1) is 57.0. The molecule has 452 valence electrons. The number of fused-ring (bicyclic) bond motifs is 9. The van der Waals surface area contributed by atoms with Crippen LogP contribution in [-0.2, 0) is 10.8 Å². The SMILES string of the molecule is CC(C)(C)c1ccc2c(c1)-c1cc(C(C)(C)C)ccc1C2c1ccc2c(c1)N(c1c(-c3ccccc3)cccc1-c1ccccc1)c1cc(-c3ccccc3)cc3c1B2c1ccc(N2C4CCCC2CCC4)cc1N3c1c(-c2ccccc2)cccc1-c1ccccc1. The molecule has 0 saturated carbocycles. The Balaban J connectivity index is 1.01. The average molecular weight is 1200 g/mol. The minimum atomic E-state index is -0.138. The van der Waals surface area contributed by atoms with Crippen LogP contribution in [0.4, 0.5) is 39.8 Å². The van der Waals surface area contributed by atoms with Crippen LogP contribution in [0.3, 0.4) is 0 Å². The van der Waals surface area contributed by atoms with E-state index >= 15 is 0 Å². The number of nitrogens with zero attached hydrogens (tertiary/aromatic N) is 3. The number of hydrogen-bond acceptors (Lipinski definition) is 3. The minimum Gasteiger partial charge on any atom is -0.366 e. The van der Waals surface area contributed by atoms with Crippen molar-refractivity contribution in [2.45, 2.75) is 109 Å². The van der Waals surface area contributed by atoms with Crippen molar-refractivity contribution in [3.63, 3.8) is 0 Å². The molecule has 17 rings (SSSR count). The van der Waals surface area contributed by atoms with Gasteiger partial charge in [-0.05, 0) is 168 Å². The molecule has 93 heavy (non-hydrogen) atoms. The number of para-hydroxylation sites is 2. The maximum absolute atomic E-state index is 2.87. The van der Waals surface area contributed by atoms with E-state index in [2.05, 4.69) is 329 Å². The number of anilines is 7. The molecular formula is C89H78BN3. The molecule has 2 fully saturated rings. The molecule has 0 spiro atoms. The predicted molar refractivity (Wildman–Crippen MR) is 396 cm³/mol. The minimum absolute atomic E-state index is 0.00217. The summed E-state index contributed by atoms with van der Waals surface area (Å²) in [7, 11) is 0. The molecule has 0 aromatic heterocycles. The lowest BCUT2D eigenvalue weighted by Crippen LogP contribution is -2.61. The highest BCUT2D eigenvalue weighted by Crippen LogP contribution is 2.56. The Labute approximate surface area is 550 Å². The zero-order valence-electron chi connectivity index (χ0n) is 54.4. The second-order valence-corrected chi connectivity index (χ2v) is 28.9. The molecule has 4 aliphatic heterocycles. The second-order valence-electron chi connectivity index (χ2n) is 28.9. The molecule has 0 N–H and O–H groups in total. The zero-order chi connectivity index (χ0) is 62.7. The van der Waals surface area contributed by atoms with E-state index in [1.54, 1.807) is 0 Å². The van der Waals surface area contributed by atoms with E-state index in [0.717, 1.165) is 5.69 Å². The van der Waals surface area contributed by atoms with Gasteiger partial charge in [-0.15, -0.1) is 0 Å². The first-order chi connectivity index (χ1) is 45.4. The lowest BCUT2D eigenvalue weighted by molar-refractivity contribution is 0.296. The molecule has 12 aromatic rings. The third kappa shape index (κ3) is 9.61. The fourth-order valence-electron chi connectivity index (χ4n) is 16.9. The Hall–Kier alpha value is -9.90. The van der Waals surface area contributed by atoms with Gasteiger partial charge in [-0.2, -0.15) is 0 Å². The Morgan fingerprint density at radius 2 is 0.710 bits per heavy atom. The first-order valence-corrected chi connectivity index (χ1v) is 34.1. The summed E-state index contributed by atoms with van der Waals surface area (Å²) in [4.78, 5) is 8.35. The van der Waals surface area contributed by atoms with Crippen LogP contribution in [0.15, 0.2) is 273 Å². The van der Waals surface area contributed by atoms with Crippen molar-refractivity contribution >= 4 is 62.9 Å². The van der Waals surface area contributed by atoms with Crippen molar-refractivity contribution in [3.05, 3.63) is 301 Å². The third-order valence-electron chi connectivity index (χ3n) is 21.4. The van der Waals surface area contributed by atoms with Gasteiger partial charge in [0.2, 0.25) is 0 Å². The van der Waals surface area contributed by atoms with Crippen molar-refractivity contribution in [2.75, 3.05) is 14.7 Å². The van der Waals surface area contributed by atoms with E-state index in [1.807, 2.05) is 0 Å². The van der Waals surface area contributed by atoms with E-state index in [-0.39, 0.29) is 23.5 Å². The normalized spacial score (nSPS) is 16.3. The third-order valence-corrected chi connectivity index (χ3v) is 21.4. The van der Waals surface area contributed by atoms with Crippen LogP contribution in [-0.4, -0.2) is 18.8 Å². The van der Waals surface area contributed by atoms with Crippen LogP contribution in [0.1, 0.15) is 114 Å². The summed E-state index contributed by atoms with van der Waals surface area (Å²) >= 11 is 0. The fourth-order valence-corrected chi connectivity index (χ4v) is 16.9. The number of benzene rings is 12. The van der Waals surface area contributed by atoms with Gasteiger partial charge < -0.3 is 14.7 Å². The van der Waals surface area contributed by atoms with Crippen LogP contribution in [0, 0.1) is 0 Å². The highest BCUT2D eigenvalue weighted by atomic mass is 15.2. The van der Waals surface area contributed by atoms with Gasteiger partial charge in [-0.25, -0.2) is 0 Å². The molecule has 1 aliphatic carbocycles. The summed E-state index contributed by atoms with van der Waals surface area (Å²) in [6, 6.07) is 106. The van der Waals surface area contributed by atoms with Crippen LogP contribution < -0.4 is 31.1 Å². The summed E-state index contributed by atoms with van der Waals surface area (Å²) < 4.78 is 0. The lowest BCUT2D eigenvalue weighted by Gasteiger charge is -2.49. The Morgan fingerprint density at radius 3 is 1.12 bits per heavy atom. The number of piperidine rings is 2. The number of rotatable bonds is 9. The topological polar surface area (TPSA) is 9.72 Å². The van der Waals surface area contributed by atoms with E-state index in [4.69, 9.17) is 0 Å². The maximum Gasteiger partial charge on any atom is 0.252 e. The van der Waals surface area contributed by atoms with Gasteiger partial charge in [0.05, 0.1) is 11.4 Å². The average Bonchev–Trinajstić information content (AvgIpc) is 0.921. The van der Waals surface area contributed by atoms with Gasteiger partial charge in [-0.1, -0.05) is 284 Å². The first-order valence-electron chi connectivity index (χ1n) is 34.1. The van der Waals surface area contributed by atoms with Gasteiger partial charge >= 0.3 is 0 Å². The second kappa shape index (κ2) is 22.4. The molecule has 0 atom stereocenters. The van der Waals surface area contributed by atoms with E-state index in [9.17, 15) is 0 Å². The molecule has 0 radical (unpaired) electrons. The van der Waals surface area contributed by atoms with E-state index in [1.165, 1.54) is 184 Å². The highest BCUT2D eigenvalue weighted by Gasteiger charge is 2.47. The van der Waals surface area contributed by atoms with Crippen LogP contribution in [0.2, 0.25) is 0 Å². The van der Waals surface area contributed by atoms with Crippen molar-refractivity contribution in [1.29, 1.82) is 0 Å². The highest BCUT2D eigenvalue weighted by molar-refractivity contribution is 7.00. The molecule has 2 saturated heterocycles. The summed E-state index contributed by atoms with van der Waals surface area (Å²) in [6.07, 6.45) is 7.58. The molecule has 3 nitrogen and oxygen atoms in total. The van der Waals surface area contributed by atoms with Crippen LogP contribution in [0.5, 0.6) is 0 Å². The van der Waals surface area contributed by atoms with Gasteiger partial charge in [0.1, 0.15) is 0 Å². The summed E-state index contributed by atoms with van der Waals surface area (Å²) in [5.41, 5.74) is 33.7. The quantitative estimate of drug-likeness (QED) is 0.133. The smallest absolute Gasteiger partial charge is 0.252 e. The zero-order valence-corrected chi connectivity index (χ0v) is 54.4. The Bertz CT molecular complexity index is 4650. The Morgan fingerprint density at radius 1 is 0.323 bits per heavy atom. The van der Waals surface area contributed by atoms with Crippen molar-refractivity contribution in [3.8, 4) is 66.8 Å². The predicted octanol–water partition coefficient (Wildman–Crippen LogP) is 21.8. The molecule has 12 aromatic carbocycles. The summed E-state index contributed by atoms with van der Waals surface area (Å²) in [5.74, 6) is 0.00217. The van der Waals surface area contributed by atoms with E-state index in [0.29, 0.717) is 12.1 Å². The van der Waals surface area contributed by atoms with E-state index < -0.39 is 0 Å². The molecular weight excluding hydrogens is 1120 g/mol. The summed E-state index contributed by atoms with van der Waals surface area (Å²) in [6.45, 7) is 14.0. The van der Waals surface area contributed by atoms with Crippen molar-refractivity contribution in [1.82, 2.24) is 0 Å². The van der Waals surface area contributed by atoms with Crippen LogP contribution >= 0.6 is 0 Å². The standard InChI is InChI=1S/C89H78BN3/c1-88(2,3)65-45-48-74-76(55-65)77-56-66(89(4,5)6)46-49-75(77)84(74)63-44-50-78-80(52-63)92(86-70(59-28-14-8-15-29-59)40-24-41-71(86)60-30-16-9-17-31-60)82-53-64(58-26-12-7-13-27-58)54-83-85(82)90(78)79-51-47-69(91-67-36-22-37-68(91)39-23-38-67)57-81(79)93(83)87-72(61-32-18-10-19-33-61)42-25-43-73(87)62-34-20-11-21-35-62/h7-21,24-35,40-57,67-68,84H,22-23,36-39H2,1-6H3. The van der Waals surface area contributed by atoms with Gasteiger partial charge in [0, 0.05) is 68.7 Å². The number of hydrogen-bond donors (Lipinski definition) is 0. The van der Waals surface area contributed by atoms with Gasteiger partial charge in [0.25, 0.3) is 6.71 Å². The van der Waals surface area contributed by atoms with Crippen molar-refractivity contribution in [2.24, 2.45) is 0 Å². The summed E-state index contributed by atoms with van der Waals surface area (Å²) in [5, 5.41) is 0. The molecule has 2 bridgehead atoms. The fraction of sp³-hybridized carbons (Fsp3) is 0.191. The largest absolute Gasteiger partial charge is 0.366 e. The monoisotopic (exact) mass is 1200 g/mol. The molecule has 4 heterocycles. The molecule has 4 heteroatoms. The molecule has 0 amide bonds. The molecule has 0 unspecified atom stereocenters. The molecule has 5 aliphatic rings. The maximum atomic E-state index is 2.87.